The number of hydrogen-bond donors (Lipinski definition) is 2. The summed E-state index contributed by atoms with van der Waals surface area (Å²) in [4.78, 5) is 17.9. The molecule has 0 aliphatic carbocycles. The number of halogens is 1. The zero-order valence-electron chi connectivity index (χ0n) is 9.95. The van der Waals surface area contributed by atoms with Gasteiger partial charge in [-0.05, 0) is 59.7 Å². The van der Waals surface area contributed by atoms with Crippen molar-refractivity contribution in [3.05, 3.63) is 43.5 Å². The fourth-order valence-electron chi connectivity index (χ4n) is 1.46. The molecule has 0 aliphatic rings. The van der Waals surface area contributed by atoms with Gasteiger partial charge < -0.3 is 15.5 Å². The van der Waals surface area contributed by atoms with Crippen LogP contribution in [-0.4, -0.2) is 9.97 Å². The van der Waals surface area contributed by atoms with Crippen molar-refractivity contribution < 1.29 is 4.74 Å². The lowest BCUT2D eigenvalue weighted by atomic mass is 10.1. The van der Waals surface area contributed by atoms with Crippen LogP contribution in [0.3, 0.4) is 0 Å². The highest BCUT2D eigenvalue weighted by molar-refractivity contribution is 14.1. The maximum absolute atomic E-state index is 11.4. The summed E-state index contributed by atoms with van der Waals surface area (Å²) in [7, 11) is 0. The van der Waals surface area contributed by atoms with E-state index in [1.165, 1.54) is 6.33 Å². The molecule has 3 N–H and O–H groups in total. The normalized spacial score (nSPS) is 10.4. The van der Waals surface area contributed by atoms with Crippen molar-refractivity contribution in [2.75, 3.05) is 5.73 Å². The van der Waals surface area contributed by atoms with Crippen LogP contribution in [0.5, 0.6) is 11.6 Å². The molecule has 1 heterocycles. The van der Waals surface area contributed by atoms with Crippen molar-refractivity contribution in [1.29, 1.82) is 0 Å². The van der Waals surface area contributed by atoms with Gasteiger partial charge in [0.25, 0.3) is 5.56 Å². The van der Waals surface area contributed by atoms with Crippen LogP contribution >= 0.6 is 22.6 Å². The number of nitrogens with one attached hydrogen (secondary N) is 1. The second kappa shape index (κ2) is 4.97. The summed E-state index contributed by atoms with van der Waals surface area (Å²) in [5, 5.41) is 0. The minimum absolute atomic E-state index is 0.217. The summed E-state index contributed by atoms with van der Waals surface area (Å²) in [6.45, 7) is 3.79. The van der Waals surface area contributed by atoms with Gasteiger partial charge in [-0.3, -0.25) is 4.79 Å². The molecular weight excluding hydrogens is 345 g/mol. The average molecular weight is 357 g/mol. The molecule has 2 aromatic rings. The molecule has 94 valence electrons. The van der Waals surface area contributed by atoms with Crippen LogP contribution < -0.4 is 16.0 Å². The number of hydrogen-bond acceptors (Lipinski definition) is 4. The molecule has 0 bridgehead atoms. The number of nitrogen functional groups attached to an aromatic ring is 1. The van der Waals surface area contributed by atoms with E-state index in [1.54, 1.807) is 0 Å². The Kier molecular flexibility index (Phi) is 3.55. The fraction of sp³-hybridized carbons (Fsp3) is 0.167. The molecule has 0 saturated carbocycles. The van der Waals surface area contributed by atoms with Gasteiger partial charge in [0.15, 0.2) is 0 Å². The number of benzene rings is 1. The first-order chi connectivity index (χ1) is 8.49. The molecule has 18 heavy (non-hydrogen) atoms. The molecule has 0 fully saturated rings. The number of nitrogens with zero attached hydrogens (tertiary/aromatic N) is 1. The molecule has 6 heteroatoms. The number of aryl methyl sites for hydroxylation is 2. The molecule has 0 radical (unpaired) electrons. The summed E-state index contributed by atoms with van der Waals surface area (Å²) in [5.41, 5.74) is 8.13. The summed E-state index contributed by atoms with van der Waals surface area (Å²) in [5.74, 6) is 0.948. The first kappa shape index (κ1) is 12.9. The van der Waals surface area contributed by atoms with Crippen molar-refractivity contribution >= 4 is 28.3 Å². The van der Waals surface area contributed by atoms with E-state index < -0.39 is 0 Å². The number of aromatic amines is 1. The number of aromatic nitrogens is 2. The third-order valence-electron chi connectivity index (χ3n) is 2.53. The van der Waals surface area contributed by atoms with E-state index in [4.69, 9.17) is 10.5 Å². The van der Waals surface area contributed by atoms with E-state index in [-0.39, 0.29) is 5.56 Å². The van der Waals surface area contributed by atoms with Crippen LogP contribution in [0, 0.1) is 17.4 Å². The molecule has 0 aliphatic heterocycles. The Morgan fingerprint density at radius 2 is 2.06 bits per heavy atom. The van der Waals surface area contributed by atoms with Crippen molar-refractivity contribution in [3.8, 4) is 11.6 Å². The number of ether oxygens (including phenoxy) is 1. The van der Waals surface area contributed by atoms with E-state index in [9.17, 15) is 4.79 Å². The molecular formula is C12H12IN3O2. The Hall–Kier alpha value is -1.57. The Bertz CT molecular complexity index is 652. The SMILES string of the molecule is Cc1cc(Oc2nc[nH]c(=O)c2I)c(C)cc1N. The molecule has 0 atom stereocenters. The van der Waals surface area contributed by atoms with Crippen LogP contribution in [-0.2, 0) is 0 Å². The minimum Gasteiger partial charge on any atom is -0.437 e. The fourth-order valence-corrected chi connectivity index (χ4v) is 1.87. The third kappa shape index (κ3) is 2.47. The first-order valence-corrected chi connectivity index (χ1v) is 6.34. The monoisotopic (exact) mass is 357 g/mol. The van der Waals surface area contributed by atoms with Crippen LogP contribution in [0.1, 0.15) is 11.1 Å². The van der Waals surface area contributed by atoms with Crippen molar-refractivity contribution in [2.24, 2.45) is 0 Å². The highest BCUT2D eigenvalue weighted by Gasteiger charge is 2.10. The largest absolute Gasteiger partial charge is 0.437 e. The van der Waals surface area contributed by atoms with Gasteiger partial charge in [-0.15, -0.1) is 0 Å². The quantitative estimate of drug-likeness (QED) is 0.639. The van der Waals surface area contributed by atoms with E-state index in [2.05, 4.69) is 9.97 Å². The van der Waals surface area contributed by atoms with E-state index in [0.717, 1.165) is 11.1 Å². The topological polar surface area (TPSA) is 81.0 Å². The maximum atomic E-state index is 11.4. The predicted octanol–water partition coefficient (Wildman–Crippen LogP) is 2.37. The molecule has 2 rings (SSSR count). The Morgan fingerprint density at radius 3 is 2.78 bits per heavy atom. The van der Waals surface area contributed by atoms with Crippen LogP contribution in [0.2, 0.25) is 0 Å². The van der Waals surface area contributed by atoms with Crippen LogP contribution in [0.15, 0.2) is 23.3 Å². The van der Waals surface area contributed by atoms with Gasteiger partial charge >= 0.3 is 0 Å². The second-order valence-electron chi connectivity index (χ2n) is 3.93. The number of rotatable bonds is 2. The Balaban J connectivity index is 2.43. The molecule has 5 nitrogen and oxygen atoms in total. The van der Waals surface area contributed by atoms with Crippen molar-refractivity contribution in [1.82, 2.24) is 9.97 Å². The Morgan fingerprint density at radius 1 is 1.33 bits per heavy atom. The highest BCUT2D eigenvalue weighted by atomic mass is 127. The molecule has 0 amide bonds. The number of anilines is 1. The molecule has 0 unspecified atom stereocenters. The lowest BCUT2D eigenvalue weighted by molar-refractivity contribution is 0.453. The summed E-state index contributed by atoms with van der Waals surface area (Å²) in [6.07, 6.45) is 1.32. The van der Waals surface area contributed by atoms with Crippen molar-refractivity contribution in [3.63, 3.8) is 0 Å². The van der Waals surface area contributed by atoms with E-state index in [1.807, 2.05) is 48.6 Å². The Labute approximate surface area is 118 Å². The summed E-state index contributed by atoms with van der Waals surface area (Å²) < 4.78 is 6.08. The minimum atomic E-state index is -0.217. The van der Waals surface area contributed by atoms with Crippen molar-refractivity contribution in [2.45, 2.75) is 13.8 Å². The molecule has 0 spiro atoms. The van der Waals surface area contributed by atoms with Gasteiger partial charge in [0.1, 0.15) is 9.32 Å². The molecule has 1 aromatic carbocycles. The summed E-state index contributed by atoms with van der Waals surface area (Å²) in [6, 6.07) is 3.67. The van der Waals surface area contributed by atoms with Gasteiger partial charge in [-0.1, -0.05) is 0 Å². The molecule has 1 aromatic heterocycles. The molecule has 0 saturated heterocycles. The smallest absolute Gasteiger partial charge is 0.268 e. The van der Waals surface area contributed by atoms with Crippen LogP contribution in [0.25, 0.3) is 0 Å². The van der Waals surface area contributed by atoms with E-state index in [0.29, 0.717) is 20.9 Å². The first-order valence-electron chi connectivity index (χ1n) is 5.27. The predicted molar refractivity (Wildman–Crippen MR) is 78.0 cm³/mol. The van der Waals surface area contributed by atoms with Gasteiger partial charge in [-0.2, -0.15) is 0 Å². The van der Waals surface area contributed by atoms with Gasteiger partial charge in [0.2, 0.25) is 5.88 Å². The van der Waals surface area contributed by atoms with E-state index >= 15 is 0 Å². The standard InChI is InChI=1S/C12H12IN3O2/c1-6-4-9(7(2)3-8(6)14)18-12-10(13)11(17)15-5-16-12/h3-5H,14H2,1-2H3,(H,15,16,17). The van der Waals surface area contributed by atoms with Gasteiger partial charge in [-0.25, -0.2) is 4.98 Å². The summed E-state index contributed by atoms with van der Waals surface area (Å²) >= 11 is 1.90. The number of nitrogens with two attached hydrogens (primary N) is 1. The van der Waals surface area contributed by atoms with Gasteiger partial charge in [0.05, 0.1) is 6.33 Å². The maximum Gasteiger partial charge on any atom is 0.268 e. The second-order valence-corrected chi connectivity index (χ2v) is 5.01. The number of H-pyrrole nitrogens is 1. The lowest BCUT2D eigenvalue weighted by Gasteiger charge is -2.11. The average Bonchev–Trinajstić information content (AvgIpc) is 2.32. The lowest BCUT2D eigenvalue weighted by Crippen LogP contribution is -2.11. The zero-order chi connectivity index (χ0) is 13.3. The third-order valence-corrected chi connectivity index (χ3v) is 3.49. The van der Waals surface area contributed by atoms with Crippen LogP contribution in [0.4, 0.5) is 5.69 Å². The highest BCUT2D eigenvalue weighted by Crippen LogP contribution is 2.28. The zero-order valence-corrected chi connectivity index (χ0v) is 12.1. The van der Waals surface area contributed by atoms with Gasteiger partial charge in [0, 0.05) is 5.69 Å².